The quantitative estimate of drug-likeness (QED) is 0.504. The van der Waals surface area contributed by atoms with E-state index in [1.807, 2.05) is 48.5 Å². The molecule has 1 aliphatic carbocycles. The summed E-state index contributed by atoms with van der Waals surface area (Å²) in [5, 5.41) is 7.67. The Balaban J connectivity index is 1.49. The lowest BCUT2D eigenvalue weighted by Gasteiger charge is -2.30. The Morgan fingerprint density at radius 3 is 2.41 bits per heavy atom. The van der Waals surface area contributed by atoms with Crippen LogP contribution in [0.4, 0.5) is 11.4 Å². The second kappa shape index (κ2) is 7.61. The Morgan fingerprint density at radius 2 is 1.59 bits per heavy atom. The molecule has 0 saturated carbocycles. The first-order chi connectivity index (χ1) is 15.7. The summed E-state index contributed by atoms with van der Waals surface area (Å²) in [5.74, 6) is 1.52. The van der Waals surface area contributed by atoms with Crippen molar-refractivity contribution in [3.05, 3.63) is 94.1 Å². The van der Waals surface area contributed by atoms with E-state index in [0.717, 1.165) is 34.6 Å². The average molecular weight is 445 g/mol. The summed E-state index contributed by atoms with van der Waals surface area (Å²) >= 11 is 6.70. The smallest absolute Gasteiger partial charge is 0.231 e. The van der Waals surface area contributed by atoms with E-state index in [-0.39, 0.29) is 18.5 Å². The predicted octanol–water partition coefficient (Wildman–Crippen LogP) is 6.05. The van der Waals surface area contributed by atoms with Crippen LogP contribution in [0.3, 0.4) is 0 Å². The third-order valence-electron chi connectivity index (χ3n) is 6.38. The third kappa shape index (κ3) is 3.21. The molecule has 6 heteroatoms. The van der Waals surface area contributed by atoms with Crippen molar-refractivity contribution in [2.45, 2.75) is 24.8 Å². The van der Waals surface area contributed by atoms with E-state index in [2.05, 4.69) is 22.8 Å². The number of hydrogen-bond donors (Lipinski definition) is 2. The van der Waals surface area contributed by atoms with E-state index >= 15 is 0 Å². The van der Waals surface area contributed by atoms with Crippen LogP contribution in [0.25, 0.3) is 0 Å². The van der Waals surface area contributed by atoms with Crippen molar-refractivity contribution in [2.75, 3.05) is 17.4 Å². The normalized spacial score (nSPS) is 21.2. The number of ether oxygens (including phenoxy) is 2. The number of Topliss-reactive ketones (excluding diaryl/α,β-unsaturated/α-hetero) is 1. The second-order valence-corrected chi connectivity index (χ2v) is 8.71. The van der Waals surface area contributed by atoms with E-state index in [9.17, 15) is 4.79 Å². The van der Waals surface area contributed by atoms with Gasteiger partial charge >= 0.3 is 0 Å². The van der Waals surface area contributed by atoms with Gasteiger partial charge in [-0.25, -0.2) is 0 Å². The number of carbonyl (C=O) groups excluding carboxylic acids is 1. The number of rotatable bonds is 2. The van der Waals surface area contributed by atoms with Crippen LogP contribution in [0, 0.1) is 0 Å². The lowest BCUT2D eigenvalue weighted by molar-refractivity contribution is -0.116. The number of anilines is 2. The highest BCUT2D eigenvalue weighted by Gasteiger charge is 2.37. The molecule has 5 nitrogen and oxygen atoms in total. The maximum Gasteiger partial charge on any atom is 0.231 e. The Labute approximate surface area is 191 Å². The summed E-state index contributed by atoms with van der Waals surface area (Å²) in [6.45, 7) is 0.170. The Morgan fingerprint density at radius 1 is 0.875 bits per heavy atom. The number of hydrogen-bond acceptors (Lipinski definition) is 5. The van der Waals surface area contributed by atoms with Gasteiger partial charge in [0.05, 0.1) is 22.4 Å². The van der Waals surface area contributed by atoms with Crippen molar-refractivity contribution in [3.63, 3.8) is 0 Å². The van der Waals surface area contributed by atoms with Gasteiger partial charge in [-0.3, -0.25) is 4.79 Å². The molecule has 3 aliphatic rings. The largest absolute Gasteiger partial charge is 0.454 e. The molecular formula is C26H21ClN2O3. The van der Waals surface area contributed by atoms with Crippen molar-refractivity contribution >= 4 is 28.8 Å². The van der Waals surface area contributed by atoms with Crippen molar-refractivity contribution in [1.82, 2.24) is 0 Å². The van der Waals surface area contributed by atoms with Gasteiger partial charge < -0.3 is 20.1 Å². The molecular weight excluding hydrogens is 424 g/mol. The molecule has 0 fully saturated rings. The number of ketones is 1. The molecule has 2 N–H and O–H groups in total. The van der Waals surface area contributed by atoms with Gasteiger partial charge in [0.1, 0.15) is 0 Å². The van der Waals surface area contributed by atoms with Gasteiger partial charge in [-0.15, -0.1) is 0 Å². The number of benzene rings is 3. The van der Waals surface area contributed by atoms with Gasteiger partial charge in [-0.05, 0) is 36.1 Å². The van der Waals surface area contributed by atoms with Crippen LogP contribution in [0.15, 0.2) is 78.0 Å². The summed E-state index contributed by atoms with van der Waals surface area (Å²) in [5.41, 5.74) is 5.51. The summed E-state index contributed by atoms with van der Waals surface area (Å²) in [6.07, 6.45) is 1.21. The summed E-state index contributed by atoms with van der Waals surface area (Å²) in [7, 11) is 0. The fraction of sp³-hybridized carbons (Fsp3) is 0.192. The highest BCUT2D eigenvalue weighted by atomic mass is 35.5. The summed E-state index contributed by atoms with van der Waals surface area (Å²) < 4.78 is 11.1. The van der Waals surface area contributed by atoms with E-state index in [1.54, 1.807) is 6.07 Å². The van der Waals surface area contributed by atoms with E-state index in [0.29, 0.717) is 22.9 Å². The molecule has 0 bridgehead atoms. The summed E-state index contributed by atoms with van der Waals surface area (Å²) in [6, 6.07) is 21.5. The molecule has 0 radical (unpaired) electrons. The topological polar surface area (TPSA) is 59.6 Å². The zero-order valence-electron chi connectivity index (χ0n) is 17.2. The van der Waals surface area contributed by atoms with Crippen LogP contribution in [0.5, 0.6) is 11.5 Å². The number of allylic oxidation sites excluding steroid dienone is 1. The van der Waals surface area contributed by atoms with E-state index in [1.165, 1.54) is 5.56 Å². The number of para-hydroxylation sites is 2. The lowest BCUT2D eigenvalue weighted by atomic mass is 9.78. The third-order valence-corrected chi connectivity index (χ3v) is 6.71. The van der Waals surface area contributed by atoms with E-state index in [4.69, 9.17) is 21.1 Å². The Hall–Kier alpha value is -3.44. The zero-order chi connectivity index (χ0) is 21.7. The number of nitrogens with one attached hydrogen (secondary N) is 2. The predicted molar refractivity (Wildman–Crippen MR) is 124 cm³/mol. The zero-order valence-corrected chi connectivity index (χ0v) is 18.0. The molecule has 0 unspecified atom stereocenters. The van der Waals surface area contributed by atoms with Gasteiger partial charge in [0.25, 0.3) is 0 Å². The minimum atomic E-state index is -0.396. The minimum Gasteiger partial charge on any atom is -0.454 e. The first-order valence-corrected chi connectivity index (χ1v) is 11.1. The van der Waals surface area contributed by atoms with Crippen molar-refractivity contribution < 1.29 is 14.3 Å². The fourth-order valence-corrected chi connectivity index (χ4v) is 5.10. The van der Waals surface area contributed by atoms with E-state index < -0.39 is 6.04 Å². The average Bonchev–Trinajstić information content (AvgIpc) is 3.18. The van der Waals surface area contributed by atoms with Crippen molar-refractivity contribution in [1.29, 1.82) is 0 Å². The lowest BCUT2D eigenvalue weighted by Crippen LogP contribution is -2.27. The number of fused-ring (bicyclic) bond motifs is 2. The van der Waals surface area contributed by atoms with Gasteiger partial charge in [0.15, 0.2) is 17.3 Å². The van der Waals surface area contributed by atoms with Crippen molar-refractivity contribution in [3.8, 4) is 11.5 Å². The SMILES string of the molecule is O=C1C[C@H](c2ccccc2)CC2=C1[C@H](c1cc3c(cc1Cl)OCO3)Nc1ccccc1N2. The first-order valence-electron chi connectivity index (χ1n) is 10.7. The van der Waals surface area contributed by atoms with Gasteiger partial charge in [-0.1, -0.05) is 54.1 Å². The van der Waals surface area contributed by atoms with Crippen LogP contribution in [-0.2, 0) is 4.79 Å². The number of carbonyl (C=O) groups is 1. The molecule has 0 saturated heterocycles. The van der Waals surface area contributed by atoms with Gasteiger partial charge in [-0.2, -0.15) is 0 Å². The molecule has 0 aromatic heterocycles. The molecule has 160 valence electrons. The molecule has 3 aromatic rings. The van der Waals surface area contributed by atoms with Crippen molar-refractivity contribution in [2.24, 2.45) is 0 Å². The minimum absolute atomic E-state index is 0.117. The molecule has 3 aromatic carbocycles. The Bertz CT molecular complexity index is 1260. The fourth-order valence-electron chi connectivity index (χ4n) is 4.84. The highest BCUT2D eigenvalue weighted by Crippen LogP contribution is 2.47. The monoisotopic (exact) mass is 444 g/mol. The van der Waals surface area contributed by atoms with Crippen LogP contribution in [0.2, 0.25) is 5.02 Å². The van der Waals surface area contributed by atoms with Crippen LogP contribution >= 0.6 is 11.6 Å². The van der Waals surface area contributed by atoms with Crippen LogP contribution in [0.1, 0.15) is 35.9 Å². The highest BCUT2D eigenvalue weighted by molar-refractivity contribution is 6.31. The maximum atomic E-state index is 13.6. The summed E-state index contributed by atoms with van der Waals surface area (Å²) in [4.78, 5) is 13.6. The molecule has 2 atom stereocenters. The maximum absolute atomic E-state index is 13.6. The standard InChI is InChI=1S/C26H21ClN2O3/c27-18-13-24-23(31-14-32-24)12-17(18)26-25-21(28-19-8-4-5-9-20(19)29-26)10-16(11-22(25)30)15-6-2-1-3-7-15/h1-9,12-13,16,26,28-29H,10-11,14H2/t16-,26+/m1/s1. The molecule has 2 heterocycles. The van der Waals surface area contributed by atoms with Crippen LogP contribution in [-0.4, -0.2) is 12.6 Å². The molecule has 32 heavy (non-hydrogen) atoms. The molecule has 2 aliphatic heterocycles. The molecule has 6 rings (SSSR count). The van der Waals surface area contributed by atoms with Gasteiger partial charge in [0.2, 0.25) is 6.79 Å². The molecule has 0 spiro atoms. The molecule has 0 amide bonds. The van der Waals surface area contributed by atoms with Gasteiger partial charge in [0, 0.05) is 29.3 Å². The second-order valence-electron chi connectivity index (χ2n) is 8.31. The first kappa shape index (κ1) is 19.3. The van der Waals surface area contributed by atoms with Crippen LogP contribution < -0.4 is 20.1 Å². The number of halogens is 1. The Kier molecular flexibility index (Phi) is 4.58.